The van der Waals surface area contributed by atoms with E-state index in [1.807, 2.05) is 47.4 Å². The van der Waals surface area contributed by atoms with Crippen LogP contribution < -0.4 is 9.80 Å². The van der Waals surface area contributed by atoms with Crippen LogP contribution in [-0.4, -0.2) is 18.4 Å². The second-order valence-corrected chi connectivity index (χ2v) is 5.53. The van der Waals surface area contributed by atoms with E-state index >= 15 is 0 Å². The van der Waals surface area contributed by atoms with Gasteiger partial charge in [-0.2, -0.15) is 4.99 Å². The van der Waals surface area contributed by atoms with Crippen molar-refractivity contribution in [3.8, 4) is 0 Å². The van der Waals surface area contributed by atoms with Crippen molar-refractivity contribution in [1.82, 2.24) is 0 Å². The predicted molar refractivity (Wildman–Crippen MR) is 83.9 cm³/mol. The van der Waals surface area contributed by atoms with Crippen molar-refractivity contribution in [3.63, 3.8) is 0 Å². The summed E-state index contributed by atoms with van der Waals surface area (Å²) in [4.78, 5) is 19.8. The van der Waals surface area contributed by atoms with Crippen LogP contribution in [-0.2, 0) is 11.3 Å². The minimum Gasteiger partial charge on any atom is -0.305 e. The number of carbonyl (C=O) groups is 1. The molecule has 0 unspecified atom stereocenters. The lowest BCUT2D eigenvalue weighted by molar-refractivity contribution is -0.115. The maximum absolute atomic E-state index is 11.6. The van der Waals surface area contributed by atoms with E-state index < -0.39 is 0 Å². The molecule has 21 heavy (non-hydrogen) atoms. The van der Waals surface area contributed by atoms with Crippen molar-refractivity contribution in [3.05, 3.63) is 59.1 Å². The molecule has 0 bridgehead atoms. The van der Waals surface area contributed by atoms with Crippen LogP contribution in [0.3, 0.4) is 0 Å². The Morgan fingerprint density at radius 3 is 2.52 bits per heavy atom. The fourth-order valence-electron chi connectivity index (χ4n) is 2.77. The molecule has 2 aromatic carbocycles. The molecule has 5 heteroatoms. The van der Waals surface area contributed by atoms with E-state index in [1.165, 1.54) is 0 Å². The maximum Gasteiger partial charge on any atom is 0.268 e. The van der Waals surface area contributed by atoms with Gasteiger partial charge in [0.2, 0.25) is 5.96 Å². The fourth-order valence-corrected chi connectivity index (χ4v) is 2.89. The Kier molecular flexibility index (Phi) is 2.72. The normalized spacial score (nSPS) is 16.0. The number of anilines is 2. The zero-order valence-corrected chi connectivity index (χ0v) is 11.9. The second-order valence-electron chi connectivity index (χ2n) is 5.09. The van der Waals surface area contributed by atoms with Crippen molar-refractivity contribution >= 4 is 34.8 Å². The van der Waals surface area contributed by atoms with Crippen LogP contribution in [0.1, 0.15) is 5.56 Å². The van der Waals surface area contributed by atoms with Crippen molar-refractivity contribution in [1.29, 1.82) is 0 Å². The number of carbonyl (C=O) groups excluding carboxylic acids is 1. The van der Waals surface area contributed by atoms with Crippen molar-refractivity contribution < 1.29 is 4.79 Å². The van der Waals surface area contributed by atoms with Crippen molar-refractivity contribution in [2.24, 2.45) is 4.99 Å². The van der Waals surface area contributed by atoms with Gasteiger partial charge in [-0.25, -0.2) is 0 Å². The highest BCUT2D eigenvalue weighted by molar-refractivity contribution is 6.30. The Labute approximate surface area is 127 Å². The van der Waals surface area contributed by atoms with Gasteiger partial charge >= 0.3 is 0 Å². The monoisotopic (exact) mass is 297 g/mol. The highest BCUT2D eigenvalue weighted by Crippen LogP contribution is 2.39. The van der Waals surface area contributed by atoms with Crippen molar-refractivity contribution in [2.75, 3.05) is 16.3 Å². The molecular formula is C16H12ClN3O. The Balaban J connectivity index is 1.74. The molecule has 0 saturated carbocycles. The van der Waals surface area contributed by atoms with Gasteiger partial charge in [0.25, 0.3) is 5.91 Å². The molecule has 0 aromatic heterocycles. The highest BCUT2D eigenvalue weighted by Gasteiger charge is 2.37. The van der Waals surface area contributed by atoms with Gasteiger partial charge in [0, 0.05) is 5.02 Å². The molecule has 104 valence electrons. The predicted octanol–water partition coefficient (Wildman–Crippen LogP) is 3.06. The van der Waals surface area contributed by atoms with Gasteiger partial charge < -0.3 is 9.80 Å². The lowest BCUT2D eigenvalue weighted by Gasteiger charge is -2.19. The average molecular weight is 298 g/mol. The number of hydrogen-bond acceptors (Lipinski definition) is 3. The molecule has 1 amide bonds. The fraction of sp³-hybridized carbons (Fsp3) is 0.125. The number of rotatable bonds is 2. The second kappa shape index (κ2) is 4.60. The number of guanidine groups is 1. The SMILES string of the molecule is O=C1CN2C(=N1)N(Cc1ccc(Cl)cc1)c1ccccc12. The topological polar surface area (TPSA) is 35.9 Å². The number of nitrogens with zero attached hydrogens (tertiary/aromatic N) is 3. The molecule has 0 N–H and O–H groups in total. The minimum absolute atomic E-state index is 0.0967. The summed E-state index contributed by atoms with van der Waals surface area (Å²) in [6.07, 6.45) is 0. The van der Waals surface area contributed by atoms with E-state index in [4.69, 9.17) is 11.6 Å². The third-order valence-corrected chi connectivity index (χ3v) is 3.97. The molecule has 2 aliphatic rings. The van der Waals surface area contributed by atoms with E-state index in [-0.39, 0.29) is 5.91 Å². The number of aliphatic imine (C=N–C) groups is 1. The molecule has 0 atom stereocenters. The molecule has 2 aromatic rings. The molecule has 0 saturated heterocycles. The summed E-state index contributed by atoms with van der Waals surface area (Å²) in [5.41, 5.74) is 3.24. The van der Waals surface area contributed by atoms with Gasteiger partial charge in [0.05, 0.1) is 17.9 Å². The highest BCUT2D eigenvalue weighted by atomic mass is 35.5. The largest absolute Gasteiger partial charge is 0.305 e. The minimum atomic E-state index is -0.0967. The average Bonchev–Trinajstić information content (AvgIpc) is 2.99. The summed E-state index contributed by atoms with van der Waals surface area (Å²) >= 11 is 5.93. The van der Waals surface area contributed by atoms with Crippen LogP contribution in [0, 0.1) is 0 Å². The number of fused-ring (bicyclic) bond motifs is 3. The molecule has 4 rings (SSSR count). The molecular weight excluding hydrogens is 286 g/mol. The van der Waals surface area contributed by atoms with Gasteiger partial charge in [0.1, 0.15) is 6.54 Å². The maximum atomic E-state index is 11.6. The quantitative estimate of drug-likeness (QED) is 0.855. The summed E-state index contributed by atoms with van der Waals surface area (Å²) in [7, 11) is 0. The summed E-state index contributed by atoms with van der Waals surface area (Å²) in [6, 6.07) is 15.8. The van der Waals surface area contributed by atoms with E-state index in [0.717, 1.165) is 27.9 Å². The Morgan fingerprint density at radius 2 is 1.76 bits per heavy atom. The van der Waals surface area contributed by atoms with Gasteiger partial charge in [-0.15, -0.1) is 0 Å². The first-order chi connectivity index (χ1) is 10.2. The lowest BCUT2D eigenvalue weighted by Crippen LogP contribution is -2.35. The van der Waals surface area contributed by atoms with Crippen LogP contribution in [0.2, 0.25) is 5.02 Å². The summed E-state index contributed by atoms with van der Waals surface area (Å²) in [5, 5.41) is 0.718. The van der Waals surface area contributed by atoms with Gasteiger partial charge in [-0.1, -0.05) is 35.9 Å². The molecule has 4 nitrogen and oxygen atoms in total. The first kappa shape index (κ1) is 12.4. The van der Waals surface area contributed by atoms with Crippen LogP contribution >= 0.6 is 11.6 Å². The van der Waals surface area contributed by atoms with Gasteiger partial charge in [-0.3, -0.25) is 4.79 Å². The molecule has 2 heterocycles. The third kappa shape index (κ3) is 1.99. The number of halogens is 1. The van der Waals surface area contributed by atoms with E-state index in [9.17, 15) is 4.79 Å². The first-order valence-electron chi connectivity index (χ1n) is 6.72. The molecule has 0 radical (unpaired) electrons. The Bertz CT molecular complexity index is 754. The van der Waals surface area contributed by atoms with Gasteiger partial charge in [0.15, 0.2) is 0 Å². The Hall–Kier alpha value is -2.33. The molecule has 2 aliphatic heterocycles. The van der Waals surface area contributed by atoms with E-state index in [0.29, 0.717) is 13.1 Å². The van der Waals surface area contributed by atoms with Crippen LogP contribution in [0.15, 0.2) is 53.5 Å². The summed E-state index contributed by atoms with van der Waals surface area (Å²) in [5.74, 6) is 0.622. The Morgan fingerprint density at radius 1 is 1.05 bits per heavy atom. The molecule has 0 aliphatic carbocycles. The van der Waals surface area contributed by atoms with Crippen LogP contribution in [0.25, 0.3) is 0 Å². The number of amides is 1. The lowest BCUT2D eigenvalue weighted by atomic mass is 10.2. The van der Waals surface area contributed by atoms with Crippen molar-refractivity contribution in [2.45, 2.75) is 6.54 Å². The zero-order valence-electron chi connectivity index (χ0n) is 11.2. The van der Waals surface area contributed by atoms with Crippen LogP contribution in [0.5, 0.6) is 0 Å². The third-order valence-electron chi connectivity index (χ3n) is 3.72. The summed E-state index contributed by atoms with van der Waals surface area (Å²) < 4.78 is 0. The molecule has 0 fully saturated rings. The standard InChI is InChI=1S/C16H12ClN3O/c17-12-7-5-11(6-8-12)9-19-13-3-1-2-4-14(13)20-10-15(21)18-16(19)20/h1-8H,9-10H2. The zero-order chi connectivity index (χ0) is 14.4. The van der Waals surface area contributed by atoms with Crippen LogP contribution in [0.4, 0.5) is 11.4 Å². The number of benzene rings is 2. The first-order valence-corrected chi connectivity index (χ1v) is 7.10. The summed E-state index contributed by atoms with van der Waals surface area (Å²) in [6.45, 7) is 0.986. The number of hydrogen-bond donors (Lipinski definition) is 0. The van der Waals surface area contributed by atoms with E-state index in [1.54, 1.807) is 0 Å². The van der Waals surface area contributed by atoms with E-state index in [2.05, 4.69) is 16.0 Å². The number of para-hydroxylation sites is 2. The smallest absolute Gasteiger partial charge is 0.268 e. The molecule has 0 spiro atoms. The van der Waals surface area contributed by atoms with Gasteiger partial charge in [-0.05, 0) is 29.8 Å².